The number of carboxylic acid groups (broad SMARTS) is 1. The van der Waals surface area contributed by atoms with E-state index in [0.717, 1.165) is 22.6 Å². The topological polar surface area (TPSA) is 88.4 Å². The summed E-state index contributed by atoms with van der Waals surface area (Å²) in [5.41, 5.74) is 2.88. The molecule has 7 heteroatoms. The van der Waals surface area contributed by atoms with Crippen LogP contribution in [0.3, 0.4) is 0 Å². The molecule has 0 radical (unpaired) electrons. The minimum Gasteiger partial charge on any atom is -0.481 e. The van der Waals surface area contributed by atoms with Crippen molar-refractivity contribution in [3.05, 3.63) is 35.8 Å². The molecule has 0 spiro atoms. The molecule has 26 heavy (non-hydrogen) atoms. The van der Waals surface area contributed by atoms with Crippen molar-refractivity contribution in [3.63, 3.8) is 0 Å². The number of carboxylic acids is 1. The lowest BCUT2D eigenvalue weighted by molar-refractivity contribution is -0.157. The van der Waals surface area contributed by atoms with Crippen molar-refractivity contribution in [2.45, 2.75) is 20.3 Å². The van der Waals surface area contributed by atoms with E-state index >= 15 is 0 Å². The average Bonchev–Trinajstić information content (AvgIpc) is 3.03. The Kier molecular flexibility index (Phi) is 4.11. The van der Waals surface area contributed by atoms with Crippen molar-refractivity contribution < 1.29 is 14.6 Å². The third kappa shape index (κ3) is 2.72. The first-order valence-electron chi connectivity index (χ1n) is 8.83. The minimum absolute atomic E-state index is 0.0382. The summed E-state index contributed by atoms with van der Waals surface area (Å²) in [4.78, 5) is 27.6. The first-order chi connectivity index (χ1) is 12.5. The number of rotatable bonds is 3. The maximum atomic E-state index is 12.0. The Morgan fingerprint density at radius 2 is 2.15 bits per heavy atom. The Bertz CT molecular complexity index is 856. The monoisotopic (exact) mass is 354 g/mol. The highest BCUT2D eigenvalue weighted by Gasteiger charge is 2.54. The van der Waals surface area contributed by atoms with E-state index in [1.165, 1.54) is 0 Å². The fourth-order valence-corrected chi connectivity index (χ4v) is 4.06. The Hall–Kier alpha value is -2.54. The van der Waals surface area contributed by atoms with E-state index in [9.17, 15) is 9.90 Å². The van der Waals surface area contributed by atoms with Gasteiger partial charge < -0.3 is 14.7 Å². The SMILES string of the molecule is Cc1ccc(-c2ccnc(N3C[C@@H]4COCC[C@]4(C(=O)O)C3)n2)c(C)n1. The molecule has 4 heterocycles. The Balaban J connectivity index is 1.66. The lowest BCUT2D eigenvalue weighted by Gasteiger charge is -2.33. The summed E-state index contributed by atoms with van der Waals surface area (Å²) in [5, 5.41) is 9.83. The standard InChI is InChI=1S/C19H22N4O3/c1-12-3-4-15(13(2)21-12)16-5-7-20-18(22-16)23-9-14-10-26-8-6-19(14,11-23)17(24)25/h3-5,7,14H,6,8-11H2,1-2H3,(H,24,25)/t14-,19+/m1/s1. The zero-order valence-corrected chi connectivity index (χ0v) is 15.0. The lowest BCUT2D eigenvalue weighted by Crippen LogP contribution is -2.44. The fraction of sp³-hybridized carbons (Fsp3) is 0.474. The number of fused-ring (bicyclic) bond motifs is 1. The third-order valence-corrected chi connectivity index (χ3v) is 5.56. The maximum absolute atomic E-state index is 12.0. The van der Waals surface area contributed by atoms with E-state index in [4.69, 9.17) is 9.72 Å². The van der Waals surface area contributed by atoms with E-state index in [-0.39, 0.29) is 5.92 Å². The summed E-state index contributed by atoms with van der Waals surface area (Å²) in [6.45, 7) is 5.91. The number of anilines is 1. The molecule has 2 atom stereocenters. The van der Waals surface area contributed by atoms with Crippen molar-refractivity contribution in [1.29, 1.82) is 0 Å². The molecule has 2 aliphatic heterocycles. The molecule has 0 unspecified atom stereocenters. The molecule has 4 rings (SSSR count). The zero-order chi connectivity index (χ0) is 18.3. The number of aryl methyl sites for hydroxylation is 2. The van der Waals surface area contributed by atoms with E-state index in [1.54, 1.807) is 6.20 Å². The highest BCUT2D eigenvalue weighted by Crippen LogP contribution is 2.43. The first-order valence-corrected chi connectivity index (χ1v) is 8.83. The first kappa shape index (κ1) is 16.9. The van der Waals surface area contributed by atoms with Gasteiger partial charge in [0.15, 0.2) is 0 Å². The molecule has 2 aromatic rings. The smallest absolute Gasteiger partial charge is 0.311 e. The molecule has 2 fully saturated rings. The quantitative estimate of drug-likeness (QED) is 0.903. The van der Waals surface area contributed by atoms with E-state index in [2.05, 4.69) is 9.97 Å². The van der Waals surface area contributed by atoms with Crippen molar-refractivity contribution in [3.8, 4) is 11.3 Å². The predicted octanol–water partition coefficient (Wildman–Crippen LogP) is 2.08. The number of aliphatic carboxylic acids is 1. The van der Waals surface area contributed by atoms with Gasteiger partial charge in [-0.05, 0) is 38.5 Å². The number of nitrogens with zero attached hydrogens (tertiary/aromatic N) is 4. The van der Waals surface area contributed by atoms with Crippen LogP contribution in [0, 0.1) is 25.2 Å². The third-order valence-electron chi connectivity index (χ3n) is 5.56. The van der Waals surface area contributed by atoms with Gasteiger partial charge in [0.2, 0.25) is 5.95 Å². The highest BCUT2D eigenvalue weighted by atomic mass is 16.5. The average molecular weight is 354 g/mol. The molecule has 2 aliphatic rings. The van der Waals surface area contributed by atoms with Crippen LogP contribution in [-0.4, -0.2) is 52.3 Å². The van der Waals surface area contributed by atoms with Crippen LogP contribution in [-0.2, 0) is 9.53 Å². The summed E-state index contributed by atoms with van der Waals surface area (Å²) in [7, 11) is 0. The van der Waals surface area contributed by atoms with Gasteiger partial charge in [0.1, 0.15) is 0 Å². The molecule has 2 saturated heterocycles. The second kappa shape index (κ2) is 6.32. The Morgan fingerprint density at radius 1 is 1.31 bits per heavy atom. The number of aromatic nitrogens is 3. The summed E-state index contributed by atoms with van der Waals surface area (Å²) in [5.74, 6) is -0.218. The molecule has 0 bridgehead atoms. The van der Waals surface area contributed by atoms with Gasteiger partial charge in [-0.3, -0.25) is 9.78 Å². The molecular weight excluding hydrogens is 332 g/mol. The molecule has 0 aliphatic carbocycles. The van der Waals surface area contributed by atoms with Crippen LogP contribution in [0.4, 0.5) is 5.95 Å². The molecule has 0 saturated carbocycles. The second-order valence-electron chi connectivity index (χ2n) is 7.19. The van der Waals surface area contributed by atoms with Crippen molar-refractivity contribution >= 4 is 11.9 Å². The highest BCUT2D eigenvalue weighted by molar-refractivity contribution is 5.77. The largest absolute Gasteiger partial charge is 0.481 e. The molecule has 7 nitrogen and oxygen atoms in total. The van der Waals surface area contributed by atoms with E-state index in [1.807, 2.05) is 36.9 Å². The van der Waals surface area contributed by atoms with Crippen molar-refractivity contribution in [2.24, 2.45) is 11.3 Å². The summed E-state index contributed by atoms with van der Waals surface area (Å²) in [6, 6.07) is 5.84. The number of pyridine rings is 1. The number of hydrogen-bond donors (Lipinski definition) is 1. The van der Waals surface area contributed by atoms with Crippen LogP contribution >= 0.6 is 0 Å². The molecule has 2 aromatic heterocycles. The van der Waals surface area contributed by atoms with Gasteiger partial charge in [-0.2, -0.15) is 0 Å². The van der Waals surface area contributed by atoms with Gasteiger partial charge >= 0.3 is 5.97 Å². The molecule has 136 valence electrons. The fourth-order valence-electron chi connectivity index (χ4n) is 4.06. The number of carbonyl (C=O) groups is 1. The van der Waals surface area contributed by atoms with Gasteiger partial charge in [-0.25, -0.2) is 9.97 Å². The van der Waals surface area contributed by atoms with Gasteiger partial charge in [0.25, 0.3) is 0 Å². The van der Waals surface area contributed by atoms with Gasteiger partial charge in [0.05, 0.1) is 17.7 Å². The van der Waals surface area contributed by atoms with Crippen LogP contribution in [0.2, 0.25) is 0 Å². The normalized spacial score (nSPS) is 25.2. The molecule has 0 amide bonds. The Labute approximate surface area is 152 Å². The summed E-state index contributed by atoms with van der Waals surface area (Å²) >= 11 is 0. The van der Waals surface area contributed by atoms with Crippen LogP contribution < -0.4 is 4.90 Å². The second-order valence-corrected chi connectivity index (χ2v) is 7.19. The van der Waals surface area contributed by atoms with Crippen LogP contribution in [0.5, 0.6) is 0 Å². The van der Waals surface area contributed by atoms with Crippen molar-refractivity contribution in [1.82, 2.24) is 15.0 Å². The number of hydrogen-bond acceptors (Lipinski definition) is 6. The summed E-state index contributed by atoms with van der Waals surface area (Å²) < 4.78 is 5.52. The van der Waals surface area contributed by atoms with Crippen LogP contribution in [0.1, 0.15) is 17.8 Å². The molecule has 0 aromatic carbocycles. The Morgan fingerprint density at radius 3 is 2.88 bits per heavy atom. The van der Waals surface area contributed by atoms with Crippen molar-refractivity contribution in [2.75, 3.05) is 31.2 Å². The lowest BCUT2D eigenvalue weighted by atomic mass is 9.74. The molecular formula is C19H22N4O3. The predicted molar refractivity (Wildman–Crippen MR) is 95.9 cm³/mol. The molecule has 1 N–H and O–H groups in total. The summed E-state index contributed by atoms with van der Waals surface area (Å²) in [6.07, 6.45) is 2.26. The van der Waals surface area contributed by atoms with Gasteiger partial charge in [-0.15, -0.1) is 0 Å². The van der Waals surface area contributed by atoms with Crippen LogP contribution in [0.15, 0.2) is 24.4 Å². The van der Waals surface area contributed by atoms with Gasteiger partial charge in [0, 0.05) is 48.8 Å². The van der Waals surface area contributed by atoms with E-state index in [0.29, 0.717) is 38.7 Å². The number of ether oxygens (including phenoxy) is 1. The van der Waals surface area contributed by atoms with E-state index < -0.39 is 11.4 Å². The zero-order valence-electron chi connectivity index (χ0n) is 15.0. The van der Waals surface area contributed by atoms with Crippen LogP contribution in [0.25, 0.3) is 11.3 Å². The minimum atomic E-state index is -0.765. The van der Waals surface area contributed by atoms with Gasteiger partial charge in [-0.1, -0.05) is 0 Å². The maximum Gasteiger partial charge on any atom is 0.311 e.